The first-order valence-corrected chi connectivity index (χ1v) is 12.0. The van der Waals surface area contributed by atoms with Gasteiger partial charge in [-0.1, -0.05) is 6.07 Å². The smallest absolute Gasteiger partial charge is 0.161 e. The van der Waals surface area contributed by atoms with Crippen molar-refractivity contribution in [3.8, 4) is 11.5 Å². The van der Waals surface area contributed by atoms with Gasteiger partial charge in [-0.05, 0) is 93.4 Å². The standard InChI is InChI=1S/C25H38N2O2/c1-3-28-24-17-20(25-21-13-18-12-19(15-21)16-22(25)14-18)4-5-23(24)29-11-10-27-8-6-26(2)7-9-27/h4-5,17-19,21-22,25H,3,6-16H2,1-2H3. The molecule has 160 valence electrons. The summed E-state index contributed by atoms with van der Waals surface area (Å²) in [7, 11) is 2.20. The highest BCUT2D eigenvalue weighted by Crippen LogP contribution is 2.60. The van der Waals surface area contributed by atoms with Gasteiger partial charge in [-0.2, -0.15) is 0 Å². The van der Waals surface area contributed by atoms with E-state index in [0.717, 1.165) is 80.4 Å². The van der Waals surface area contributed by atoms with Crippen molar-refractivity contribution in [2.24, 2.45) is 23.7 Å². The molecule has 0 N–H and O–H groups in total. The predicted molar refractivity (Wildman–Crippen MR) is 117 cm³/mol. The van der Waals surface area contributed by atoms with E-state index >= 15 is 0 Å². The zero-order valence-corrected chi connectivity index (χ0v) is 18.3. The zero-order valence-electron chi connectivity index (χ0n) is 18.3. The van der Waals surface area contributed by atoms with Crippen LogP contribution in [0.4, 0.5) is 0 Å². The molecule has 1 saturated heterocycles. The number of piperazine rings is 1. The molecule has 4 nitrogen and oxygen atoms in total. The molecule has 1 aromatic rings. The van der Waals surface area contributed by atoms with Crippen molar-refractivity contribution < 1.29 is 9.47 Å². The molecule has 1 heterocycles. The van der Waals surface area contributed by atoms with Gasteiger partial charge in [0, 0.05) is 32.7 Å². The second-order valence-corrected chi connectivity index (χ2v) is 10.1. The van der Waals surface area contributed by atoms with Crippen LogP contribution in [-0.4, -0.2) is 62.8 Å². The third-order valence-electron chi connectivity index (χ3n) is 8.14. The summed E-state index contributed by atoms with van der Waals surface area (Å²) in [4.78, 5) is 4.90. The van der Waals surface area contributed by atoms with E-state index in [0.29, 0.717) is 6.61 Å². The maximum atomic E-state index is 6.20. The summed E-state index contributed by atoms with van der Waals surface area (Å²) in [5.41, 5.74) is 1.51. The first-order chi connectivity index (χ1) is 14.2. The van der Waals surface area contributed by atoms with Crippen molar-refractivity contribution in [1.82, 2.24) is 9.80 Å². The molecule has 4 heteroatoms. The average molecular weight is 399 g/mol. The van der Waals surface area contributed by atoms with Crippen LogP contribution >= 0.6 is 0 Å². The number of nitrogens with zero attached hydrogens (tertiary/aromatic N) is 2. The Bertz CT molecular complexity index is 670. The number of likely N-dealkylation sites (N-methyl/N-ethyl adjacent to an activating group) is 1. The Morgan fingerprint density at radius 1 is 0.862 bits per heavy atom. The minimum atomic E-state index is 0.694. The molecule has 0 radical (unpaired) electrons. The molecule has 1 aliphatic heterocycles. The van der Waals surface area contributed by atoms with Crippen LogP contribution in [0.15, 0.2) is 18.2 Å². The molecule has 4 aliphatic carbocycles. The molecule has 5 fully saturated rings. The van der Waals surface area contributed by atoms with Crippen LogP contribution in [0.5, 0.6) is 11.5 Å². The average Bonchev–Trinajstić information content (AvgIpc) is 2.70. The van der Waals surface area contributed by atoms with Crippen molar-refractivity contribution in [3.05, 3.63) is 23.8 Å². The molecule has 6 rings (SSSR count). The first-order valence-electron chi connectivity index (χ1n) is 12.0. The van der Waals surface area contributed by atoms with Crippen LogP contribution in [0.25, 0.3) is 0 Å². The number of hydrogen-bond acceptors (Lipinski definition) is 4. The molecule has 4 saturated carbocycles. The van der Waals surface area contributed by atoms with Crippen LogP contribution in [-0.2, 0) is 0 Å². The fourth-order valence-corrected chi connectivity index (χ4v) is 6.95. The van der Waals surface area contributed by atoms with E-state index in [1.54, 1.807) is 0 Å². The summed E-state index contributed by atoms with van der Waals surface area (Å²) in [6, 6.07) is 6.86. The van der Waals surface area contributed by atoms with Crippen molar-refractivity contribution in [1.29, 1.82) is 0 Å². The third kappa shape index (κ3) is 4.16. The first kappa shape index (κ1) is 19.7. The van der Waals surface area contributed by atoms with Crippen molar-refractivity contribution in [3.63, 3.8) is 0 Å². The molecule has 5 aliphatic rings. The predicted octanol–water partition coefficient (Wildman–Crippen LogP) is 4.25. The fourth-order valence-electron chi connectivity index (χ4n) is 6.95. The Morgan fingerprint density at radius 3 is 2.21 bits per heavy atom. The molecule has 0 amide bonds. The lowest BCUT2D eigenvalue weighted by Crippen LogP contribution is -2.45. The largest absolute Gasteiger partial charge is 0.490 e. The van der Waals surface area contributed by atoms with Gasteiger partial charge in [-0.25, -0.2) is 0 Å². The van der Waals surface area contributed by atoms with E-state index in [2.05, 4.69) is 42.0 Å². The summed E-state index contributed by atoms with van der Waals surface area (Å²) < 4.78 is 12.2. The van der Waals surface area contributed by atoms with Gasteiger partial charge < -0.3 is 14.4 Å². The molecule has 0 spiro atoms. The van der Waals surface area contributed by atoms with Gasteiger partial charge in [0.25, 0.3) is 0 Å². The molecule has 4 bridgehead atoms. The number of ether oxygens (including phenoxy) is 2. The highest BCUT2D eigenvalue weighted by Gasteiger charge is 2.48. The minimum absolute atomic E-state index is 0.694. The summed E-state index contributed by atoms with van der Waals surface area (Å²) in [6.07, 6.45) is 7.37. The molecular formula is C25H38N2O2. The molecule has 0 atom stereocenters. The molecule has 29 heavy (non-hydrogen) atoms. The lowest BCUT2D eigenvalue weighted by atomic mass is 9.51. The highest BCUT2D eigenvalue weighted by molar-refractivity contribution is 5.44. The van der Waals surface area contributed by atoms with Gasteiger partial charge in [-0.3, -0.25) is 4.90 Å². The maximum absolute atomic E-state index is 6.20. The lowest BCUT2D eigenvalue weighted by molar-refractivity contribution is -0.00286. The van der Waals surface area contributed by atoms with Gasteiger partial charge >= 0.3 is 0 Å². The van der Waals surface area contributed by atoms with E-state index < -0.39 is 0 Å². The lowest BCUT2D eigenvalue weighted by Gasteiger charge is -2.54. The highest BCUT2D eigenvalue weighted by atomic mass is 16.5. The summed E-state index contributed by atoms with van der Waals surface area (Å²) in [5, 5.41) is 0. The van der Waals surface area contributed by atoms with E-state index in [1.807, 2.05) is 0 Å². The Labute approximate surface area is 176 Å². The maximum Gasteiger partial charge on any atom is 0.161 e. The van der Waals surface area contributed by atoms with Gasteiger partial charge in [-0.15, -0.1) is 0 Å². The Balaban J connectivity index is 1.25. The Hall–Kier alpha value is -1.26. The minimum Gasteiger partial charge on any atom is -0.490 e. The van der Waals surface area contributed by atoms with Gasteiger partial charge in [0.1, 0.15) is 6.61 Å². The van der Waals surface area contributed by atoms with E-state index in [9.17, 15) is 0 Å². The van der Waals surface area contributed by atoms with Crippen molar-refractivity contribution in [2.75, 3.05) is 53.0 Å². The quantitative estimate of drug-likeness (QED) is 0.685. The summed E-state index contributed by atoms with van der Waals surface area (Å²) in [5.74, 6) is 6.50. The molecule has 1 aromatic carbocycles. The van der Waals surface area contributed by atoms with Gasteiger partial charge in [0.05, 0.1) is 6.61 Å². The van der Waals surface area contributed by atoms with Gasteiger partial charge in [0.15, 0.2) is 11.5 Å². The second-order valence-electron chi connectivity index (χ2n) is 10.1. The Morgan fingerprint density at radius 2 is 1.55 bits per heavy atom. The normalized spacial score (nSPS) is 34.5. The zero-order chi connectivity index (χ0) is 19.8. The summed E-state index contributed by atoms with van der Waals surface area (Å²) in [6.45, 7) is 9.10. The van der Waals surface area contributed by atoms with Crippen molar-refractivity contribution >= 4 is 0 Å². The number of benzene rings is 1. The molecule has 0 aromatic heterocycles. The van der Waals surface area contributed by atoms with Gasteiger partial charge in [0.2, 0.25) is 0 Å². The van der Waals surface area contributed by atoms with Crippen molar-refractivity contribution in [2.45, 2.75) is 44.9 Å². The van der Waals surface area contributed by atoms with Crippen LogP contribution in [0.1, 0.15) is 50.5 Å². The van der Waals surface area contributed by atoms with E-state index in [4.69, 9.17) is 9.47 Å². The fraction of sp³-hybridized carbons (Fsp3) is 0.760. The molecule has 0 unspecified atom stereocenters. The third-order valence-corrected chi connectivity index (χ3v) is 8.14. The SMILES string of the molecule is CCOc1cc(C2C3CC4CC(C3)CC2C4)ccc1OCCN1CCN(C)CC1. The van der Waals surface area contributed by atoms with Crippen LogP contribution in [0.3, 0.4) is 0 Å². The number of hydrogen-bond donors (Lipinski definition) is 0. The molecular weight excluding hydrogens is 360 g/mol. The second kappa shape index (κ2) is 8.47. The summed E-state index contributed by atoms with van der Waals surface area (Å²) >= 11 is 0. The Kier molecular flexibility index (Phi) is 5.75. The van der Waals surface area contributed by atoms with E-state index in [1.165, 1.54) is 37.7 Å². The number of rotatable bonds is 7. The topological polar surface area (TPSA) is 24.9 Å². The van der Waals surface area contributed by atoms with Crippen LogP contribution in [0.2, 0.25) is 0 Å². The van der Waals surface area contributed by atoms with Crippen LogP contribution < -0.4 is 9.47 Å². The van der Waals surface area contributed by atoms with Crippen LogP contribution in [0, 0.1) is 23.7 Å². The monoisotopic (exact) mass is 398 g/mol. The van der Waals surface area contributed by atoms with E-state index in [-0.39, 0.29) is 0 Å².